The van der Waals surface area contributed by atoms with Crippen LogP contribution in [0.5, 0.6) is 0 Å². The van der Waals surface area contributed by atoms with Crippen LogP contribution in [0.1, 0.15) is 32.4 Å². The van der Waals surface area contributed by atoms with Gasteiger partial charge >= 0.3 is 0 Å². The third-order valence-corrected chi connectivity index (χ3v) is 2.85. The highest BCUT2D eigenvalue weighted by atomic mass is 16.3. The number of aliphatic hydroxyl groups excluding tert-OH is 1. The van der Waals surface area contributed by atoms with Gasteiger partial charge in [-0.2, -0.15) is 0 Å². The summed E-state index contributed by atoms with van der Waals surface area (Å²) in [7, 11) is 0. The zero-order chi connectivity index (χ0) is 11.3. The molecule has 0 fully saturated rings. The molecule has 1 aromatic rings. The minimum Gasteiger partial charge on any atom is -0.394 e. The minimum atomic E-state index is 0.0450. The van der Waals surface area contributed by atoms with Crippen molar-refractivity contribution < 1.29 is 5.11 Å². The van der Waals surface area contributed by atoms with Crippen LogP contribution >= 0.6 is 0 Å². The summed E-state index contributed by atoms with van der Waals surface area (Å²) in [5.74, 6) is 0.572. The number of aliphatic hydroxyl groups is 1. The average molecular weight is 207 g/mol. The standard InChI is InChI=1S/C13H21NO/c1-10(2)11(3)14-13(9-15)12-7-5-4-6-8-12/h4-8,10-11,13-15H,9H2,1-3H3/t11-,13-/m1/s1. The summed E-state index contributed by atoms with van der Waals surface area (Å²) in [6, 6.07) is 10.5. The fraction of sp³-hybridized carbons (Fsp3) is 0.538. The van der Waals surface area contributed by atoms with Gasteiger partial charge in [0, 0.05) is 6.04 Å². The Morgan fingerprint density at radius 3 is 2.20 bits per heavy atom. The summed E-state index contributed by atoms with van der Waals surface area (Å²) in [4.78, 5) is 0. The molecule has 0 amide bonds. The van der Waals surface area contributed by atoms with Gasteiger partial charge in [0.15, 0.2) is 0 Å². The van der Waals surface area contributed by atoms with Crippen LogP contribution in [0.25, 0.3) is 0 Å². The van der Waals surface area contributed by atoms with Crippen LogP contribution in [0.3, 0.4) is 0 Å². The lowest BCUT2D eigenvalue weighted by atomic mass is 10.0. The van der Waals surface area contributed by atoms with Gasteiger partial charge in [0.25, 0.3) is 0 Å². The van der Waals surface area contributed by atoms with E-state index in [-0.39, 0.29) is 12.6 Å². The third-order valence-electron chi connectivity index (χ3n) is 2.85. The van der Waals surface area contributed by atoms with Crippen molar-refractivity contribution in [3.05, 3.63) is 35.9 Å². The molecule has 0 heterocycles. The average Bonchev–Trinajstić information content (AvgIpc) is 2.26. The van der Waals surface area contributed by atoms with Crippen molar-refractivity contribution in [1.82, 2.24) is 5.32 Å². The predicted molar refractivity (Wildman–Crippen MR) is 63.7 cm³/mol. The highest BCUT2D eigenvalue weighted by molar-refractivity contribution is 5.19. The van der Waals surface area contributed by atoms with Gasteiger partial charge in [-0.3, -0.25) is 0 Å². The van der Waals surface area contributed by atoms with E-state index in [1.165, 1.54) is 0 Å². The van der Waals surface area contributed by atoms with Gasteiger partial charge in [-0.1, -0.05) is 44.2 Å². The Balaban J connectivity index is 2.65. The van der Waals surface area contributed by atoms with Crippen LogP contribution < -0.4 is 5.32 Å². The molecule has 2 nitrogen and oxygen atoms in total. The number of rotatable bonds is 5. The van der Waals surface area contributed by atoms with Gasteiger partial charge in [0.05, 0.1) is 12.6 Å². The Morgan fingerprint density at radius 1 is 1.13 bits per heavy atom. The van der Waals surface area contributed by atoms with Gasteiger partial charge in [0.2, 0.25) is 0 Å². The Morgan fingerprint density at radius 2 is 1.73 bits per heavy atom. The van der Waals surface area contributed by atoms with E-state index < -0.39 is 0 Å². The lowest BCUT2D eigenvalue weighted by molar-refractivity contribution is 0.225. The van der Waals surface area contributed by atoms with E-state index in [9.17, 15) is 5.11 Å². The quantitative estimate of drug-likeness (QED) is 0.777. The molecule has 0 bridgehead atoms. The second kappa shape index (κ2) is 5.89. The van der Waals surface area contributed by atoms with E-state index in [0.717, 1.165) is 5.56 Å². The SMILES string of the molecule is CC(C)[C@@H](C)N[C@H](CO)c1ccccc1. The van der Waals surface area contributed by atoms with Crippen molar-refractivity contribution in [2.24, 2.45) is 5.92 Å². The van der Waals surface area contributed by atoms with Crippen LogP contribution in [0, 0.1) is 5.92 Å². The predicted octanol–water partition coefficient (Wildman–Crippen LogP) is 2.35. The highest BCUT2D eigenvalue weighted by Gasteiger charge is 2.14. The molecule has 2 heteroatoms. The Labute approximate surface area is 92.3 Å². The van der Waals surface area contributed by atoms with Crippen molar-refractivity contribution in [3.8, 4) is 0 Å². The van der Waals surface area contributed by atoms with Gasteiger partial charge in [0.1, 0.15) is 0 Å². The molecule has 0 saturated carbocycles. The maximum atomic E-state index is 9.35. The van der Waals surface area contributed by atoms with Gasteiger partial charge in [-0.25, -0.2) is 0 Å². The molecule has 0 aromatic heterocycles. The minimum absolute atomic E-state index is 0.0450. The Bertz CT molecular complexity index is 271. The van der Waals surface area contributed by atoms with E-state index in [2.05, 4.69) is 26.1 Å². The van der Waals surface area contributed by atoms with Crippen molar-refractivity contribution in [3.63, 3.8) is 0 Å². The maximum Gasteiger partial charge on any atom is 0.0626 e. The molecule has 0 aliphatic heterocycles. The molecule has 0 aliphatic rings. The maximum absolute atomic E-state index is 9.35. The Hall–Kier alpha value is -0.860. The van der Waals surface area contributed by atoms with Crippen LogP contribution in [0.2, 0.25) is 0 Å². The smallest absolute Gasteiger partial charge is 0.0626 e. The number of nitrogens with one attached hydrogen (secondary N) is 1. The van der Waals surface area contributed by atoms with E-state index in [0.29, 0.717) is 12.0 Å². The lowest BCUT2D eigenvalue weighted by Crippen LogP contribution is -2.35. The van der Waals surface area contributed by atoms with Gasteiger partial charge < -0.3 is 10.4 Å². The molecule has 84 valence electrons. The normalized spacial score (nSPS) is 15.3. The van der Waals surface area contributed by atoms with Crippen molar-refractivity contribution >= 4 is 0 Å². The third kappa shape index (κ3) is 3.65. The molecule has 0 saturated heterocycles. The molecule has 15 heavy (non-hydrogen) atoms. The number of benzene rings is 1. The topological polar surface area (TPSA) is 32.3 Å². The van der Waals surface area contributed by atoms with Crippen molar-refractivity contribution in [1.29, 1.82) is 0 Å². The number of hydrogen-bond acceptors (Lipinski definition) is 2. The molecule has 0 aliphatic carbocycles. The van der Waals surface area contributed by atoms with Gasteiger partial charge in [-0.15, -0.1) is 0 Å². The summed E-state index contributed by atoms with van der Waals surface area (Å²) >= 11 is 0. The van der Waals surface area contributed by atoms with E-state index in [1.807, 2.05) is 30.3 Å². The second-order valence-electron chi connectivity index (χ2n) is 4.35. The first kappa shape index (κ1) is 12.2. The summed E-state index contributed by atoms with van der Waals surface area (Å²) in [5, 5.41) is 12.8. The first-order chi connectivity index (χ1) is 7.15. The highest BCUT2D eigenvalue weighted by Crippen LogP contribution is 2.14. The van der Waals surface area contributed by atoms with E-state index in [1.54, 1.807) is 0 Å². The zero-order valence-electron chi connectivity index (χ0n) is 9.77. The zero-order valence-corrected chi connectivity index (χ0v) is 9.77. The summed E-state index contributed by atoms with van der Waals surface area (Å²) in [5.41, 5.74) is 1.15. The lowest BCUT2D eigenvalue weighted by Gasteiger charge is -2.24. The fourth-order valence-electron chi connectivity index (χ4n) is 1.45. The second-order valence-corrected chi connectivity index (χ2v) is 4.35. The first-order valence-corrected chi connectivity index (χ1v) is 5.57. The summed E-state index contributed by atoms with van der Waals surface area (Å²) in [6.07, 6.45) is 0. The summed E-state index contributed by atoms with van der Waals surface area (Å²) in [6.45, 7) is 6.64. The molecular formula is C13H21NO. The van der Waals surface area contributed by atoms with Crippen molar-refractivity contribution in [2.75, 3.05) is 6.61 Å². The molecular weight excluding hydrogens is 186 g/mol. The molecule has 2 N–H and O–H groups in total. The van der Waals surface area contributed by atoms with E-state index >= 15 is 0 Å². The fourth-order valence-corrected chi connectivity index (χ4v) is 1.45. The largest absolute Gasteiger partial charge is 0.394 e. The monoisotopic (exact) mass is 207 g/mol. The molecule has 1 rings (SSSR count). The molecule has 1 aromatic carbocycles. The van der Waals surface area contributed by atoms with Crippen LogP contribution in [0.4, 0.5) is 0 Å². The first-order valence-electron chi connectivity index (χ1n) is 5.57. The molecule has 0 unspecified atom stereocenters. The van der Waals surface area contributed by atoms with Crippen LogP contribution in [0.15, 0.2) is 30.3 Å². The molecule has 0 spiro atoms. The van der Waals surface area contributed by atoms with Crippen LogP contribution in [-0.2, 0) is 0 Å². The van der Waals surface area contributed by atoms with Gasteiger partial charge in [-0.05, 0) is 18.4 Å². The Kier molecular flexibility index (Phi) is 4.79. The molecule has 0 radical (unpaired) electrons. The number of hydrogen-bond donors (Lipinski definition) is 2. The summed E-state index contributed by atoms with van der Waals surface area (Å²) < 4.78 is 0. The van der Waals surface area contributed by atoms with Crippen molar-refractivity contribution in [2.45, 2.75) is 32.9 Å². The van der Waals surface area contributed by atoms with E-state index in [4.69, 9.17) is 0 Å². The molecule has 2 atom stereocenters. The van der Waals surface area contributed by atoms with Crippen LogP contribution in [-0.4, -0.2) is 17.8 Å².